The normalized spacial score (nSPS) is 14.7. The monoisotopic (exact) mass is 194 g/mol. The lowest BCUT2D eigenvalue weighted by Gasteiger charge is -1.98. The third kappa shape index (κ3) is 1.44. The van der Waals surface area contributed by atoms with Crippen LogP contribution >= 0.6 is 0 Å². The molecule has 0 atom stereocenters. The second-order valence-corrected chi connectivity index (χ2v) is 2.66. The molecule has 1 heterocycles. The Kier molecular flexibility index (Phi) is 1.92. The first-order valence-electron chi connectivity index (χ1n) is 3.79. The highest BCUT2D eigenvalue weighted by molar-refractivity contribution is 6.43. The number of aliphatic imine (C=N–C) groups is 2. The van der Waals surface area contributed by atoms with Gasteiger partial charge in [0.25, 0.3) is 0 Å². The molecule has 0 spiro atoms. The molecule has 14 heavy (non-hydrogen) atoms. The highest BCUT2D eigenvalue weighted by atomic mass is 19.1. The predicted octanol–water partition coefficient (Wildman–Crippen LogP) is 1.96. The van der Waals surface area contributed by atoms with Gasteiger partial charge in [-0.05, 0) is 18.2 Å². The molecular formula is C9H4F2N2O. The van der Waals surface area contributed by atoms with E-state index in [1.54, 1.807) is 0 Å². The number of carbonyl (C=O) groups excluding carboxylic acids is 1. The van der Waals surface area contributed by atoms with Crippen molar-refractivity contribution in [3.8, 4) is 0 Å². The summed E-state index contributed by atoms with van der Waals surface area (Å²) < 4.78 is 25.9. The summed E-state index contributed by atoms with van der Waals surface area (Å²) in [6.07, 6.45) is 1.11. The van der Waals surface area contributed by atoms with Crippen LogP contribution in [0, 0.1) is 11.6 Å². The van der Waals surface area contributed by atoms with Gasteiger partial charge in [0.1, 0.15) is 11.6 Å². The minimum absolute atomic E-state index is 0.0481. The van der Waals surface area contributed by atoms with Crippen LogP contribution in [-0.2, 0) is 0 Å². The van der Waals surface area contributed by atoms with Gasteiger partial charge >= 0.3 is 6.03 Å². The molecule has 0 unspecified atom stereocenters. The number of amides is 2. The van der Waals surface area contributed by atoms with Crippen molar-refractivity contribution in [2.75, 3.05) is 0 Å². The fraction of sp³-hybridized carbons (Fsp3) is 0. The quantitative estimate of drug-likeness (QED) is 0.673. The van der Waals surface area contributed by atoms with Gasteiger partial charge in [0.2, 0.25) is 0 Å². The summed E-state index contributed by atoms with van der Waals surface area (Å²) in [6.45, 7) is 0. The van der Waals surface area contributed by atoms with E-state index in [9.17, 15) is 13.6 Å². The number of carbonyl (C=O) groups is 1. The van der Waals surface area contributed by atoms with Crippen LogP contribution in [0.1, 0.15) is 5.56 Å². The molecule has 1 aromatic rings. The Morgan fingerprint density at radius 3 is 2.64 bits per heavy atom. The predicted molar refractivity (Wildman–Crippen MR) is 46.8 cm³/mol. The van der Waals surface area contributed by atoms with Gasteiger partial charge in [0.15, 0.2) is 0 Å². The van der Waals surface area contributed by atoms with Gasteiger partial charge in [-0.15, -0.1) is 0 Å². The average Bonchev–Trinajstić information content (AvgIpc) is 2.56. The van der Waals surface area contributed by atoms with Crippen LogP contribution < -0.4 is 0 Å². The van der Waals surface area contributed by atoms with Gasteiger partial charge in [-0.3, -0.25) is 0 Å². The first-order valence-corrected chi connectivity index (χ1v) is 3.79. The number of nitrogens with zero attached hydrogens (tertiary/aromatic N) is 2. The summed E-state index contributed by atoms with van der Waals surface area (Å²) in [5, 5.41) is 0. The Balaban J connectivity index is 2.52. The van der Waals surface area contributed by atoms with Crippen molar-refractivity contribution in [3.63, 3.8) is 0 Å². The molecule has 1 aliphatic rings. The summed E-state index contributed by atoms with van der Waals surface area (Å²) >= 11 is 0. The van der Waals surface area contributed by atoms with Crippen molar-refractivity contribution in [1.82, 2.24) is 0 Å². The molecule has 0 aromatic heterocycles. The minimum Gasteiger partial charge on any atom is -0.244 e. The number of halogens is 2. The minimum atomic E-state index is -0.705. The van der Waals surface area contributed by atoms with Crippen LogP contribution in [0.15, 0.2) is 28.2 Å². The zero-order valence-corrected chi connectivity index (χ0v) is 6.87. The van der Waals surface area contributed by atoms with E-state index in [4.69, 9.17) is 0 Å². The van der Waals surface area contributed by atoms with E-state index in [0.717, 1.165) is 24.4 Å². The Morgan fingerprint density at radius 1 is 1.21 bits per heavy atom. The van der Waals surface area contributed by atoms with Crippen LogP contribution in [0.25, 0.3) is 0 Å². The maximum absolute atomic E-state index is 13.1. The summed E-state index contributed by atoms with van der Waals surface area (Å²) in [5.74, 6) is -1.22. The molecule has 0 aliphatic carbocycles. The van der Waals surface area contributed by atoms with Gasteiger partial charge in [-0.1, -0.05) is 0 Å². The lowest BCUT2D eigenvalue weighted by Crippen LogP contribution is -2.03. The molecular weight excluding hydrogens is 190 g/mol. The molecule has 1 aromatic carbocycles. The second-order valence-electron chi connectivity index (χ2n) is 2.66. The molecule has 2 amide bonds. The van der Waals surface area contributed by atoms with Gasteiger partial charge in [0, 0.05) is 5.56 Å². The molecule has 0 saturated carbocycles. The van der Waals surface area contributed by atoms with Crippen molar-refractivity contribution < 1.29 is 13.6 Å². The van der Waals surface area contributed by atoms with E-state index >= 15 is 0 Å². The average molecular weight is 194 g/mol. The molecule has 1 aliphatic heterocycles. The molecule has 0 bridgehead atoms. The van der Waals surface area contributed by atoms with E-state index in [-0.39, 0.29) is 11.3 Å². The maximum Gasteiger partial charge on any atom is 0.367 e. The summed E-state index contributed by atoms with van der Waals surface area (Å²) in [4.78, 5) is 17.3. The third-order valence-electron chi connectivity index (χ3n) is 1.72. The highest BCUT2D eigenvalue weighted by Crippen LogP contribution is 2.12. The van der Waals surface area contributed by atoms with Gasteiger partial charge in [-0.2, -0.15) is 9.98 Å². The number of hydrogen-bond acceptors (Lipinski definition) is 1. The SMILES string of the molecule is O=C1N=CC(c2cc(F)ccc2F)=N1. The summed E-state index contributed by atoms with van der Waals surface area (Å²) in [5.41, 5.74) is -0.00778. The lowest BCUT2D eigenvalue weighted by atomic mass is 10.1. The standard InChI is InChI=1S/C9H4F2N2O/c10-5-1-2-7(11)6(3-5)8-4-12-9(14)13-8/h1-4H. The van der Waals surface area contributed by atoms with Crippen molar-refractivity contribution in [2.45, 2.75) is 0 Å². The summed E-state index contributed by atoms with van der Waals surface area (Å²) in [6, 6.07) is 2.24. The highest BCUT2D eigenvalue weighted by Gasteiger charge is 2.14. The largest absolute Gasteiger partial charge is 0.367 e. The van der Waals surface area contributed by atoms with Crippen LogP contribution in [0.3, 0.4) is 0 Å². The first-order chi connectivity index (χ1) is 6.66. The molecule has 0 N–H and O–H groups in total. The number of rotatable bonds is 1. The zero-order chi connectivity index (χ0) is 10.1. The first kappa shape index (κ1) is 8.68. The molecule has 70 valence electrons. The van der Waals surface area contributed by atoms with Gasteiger partial charge in [0.05, 0.1) is 11.9 Å². The van der Waals surface area contributed by atoms with E-state index in [1.165, 1.54) is 0 Å². The lowest BCUT2D eigenvalue weighted by molar-refractivity contribution is 0.257. The fourth-order valence-corrected chi connectivity index (χ4v) is 1.10. The zero-order valence-electron chi connectivity index (χ0n) is 6.87. The van der Waals surface area contributed by atoms with E-state index in [1.807, 2.05) is 0 Å². The van der Waals surface area contributed by atoms with Crippen LogP contribution in [0.4, 0.5) is 13.6 Å². The Bertz CT molecular complexity index is 466. The van der Waals surface area contributed by atoms with E-state index in [0.29, 0.717) is 0 Å². The van der Waals surface area contributed by atoms with Crippen LogP contribution in [-0.4, -0.2) is 18.0 Å². The Labute approximate surface area is 77.8 Å². The molecule has 0 fully saturated rings. The maximum atomic E-state index is 13.1. The Hall–Kier alpha value is -1.91. The molecule has 0 saturated heterocycles. The van der Waals surface area contributed by atoms with Gasteiger partial charge in [-0.25, -0.2) is 13.6 Å². The number of benzene rings is 1. The molecule has 2 rings (SSSR count). The van der Waals surface area contributed by atoms with E-state index in [2.05, 4.69) is 9.98 Å². The van der Waals surface area contributed by atoms with Crippen molar-refractivity contribution >= 4 is 18.0 Å². The van der Waals surface area contributed by atoms with Crippen LogP contribution in [0.5, 0.6) is 0 Å². The fourth-order valence-electron chi connectivity index (χ4n) is 1.10. The number of urea groups is 1. The van der Waals surface area contributed by atoms with Crippen LogP contribution in [0.2, 0.25) is 0 Å². The smallest absolute Gasteiger partial charge is 0.244 e. The van der Waals surface area contributed by atoms with E-state index < -0.39 is 17.7 Å². The second kappa shape index (κ2) is 3.10. The Morgan fingerprint density at radius 2 is 2.00 bits per heavy atom. The molecule has 3 nitrogen and oxygen atoms in total. The third-order valence-corrected chi connectivity index (χ3v) is 1.72. The topological polar surface area (TPSA) is 41.8 Å². The van der Waals surface area contributed by atoms with Crippen molar-refractivity contribution in [3.05, 3.63) is 35.4 Å². The van der Waals surface area contributed by atoms with Crippen molar-refractivity contribution in [1.29, 1.82) is 0 Å². The summed E-state index contributed by atoms with van der Waals surface area (Å²) in [7, 11) is 0. The molecule has 0 radical (unpaired) electrons. The number of hydrogen-bond donors (Lipinski definition) is 0. The van der Waals surface area contributed by atoms with Gasteiger partial charge < -0.3 is 0 Å². The van der Waals surface area contributed by atoms with Crippen molar-refractivity contribution in [2.24, 2.45) is 9.98 Å². The molecule has 5 heteroatoms.